The van der Waals surface area contributed by atoms with Gasteiger partial charge in [0, 0.05) is 24.2 Å². The van der Waals surface area contributed by atoms with Crippen LogP contribution in [0.15, 0.2) is 40.9 Å². The lowest BCUT2D eigenvalue weighted by atomic mass is 9.92. The molecule has 1 heterocycles. The molecule has 1 aliphatic rings. The van der Waals surface area contributed by atoms with E-state index in [0.717, 1.165) is 19.3 Å². The first-order chi connectivity index (χ1) is 12.1. The second-order valence-corrected chi connectivity index (χ2v) is 6.18. The molecule has 2 N–H and O–H groups in total. The van der Waals surface area contributed by atoms with E-state index in [1.54, 1.807) is 25.1 Å². The third-order valence-electron chi connectivity index (χ3n) is 4.12. The zero-order chi connectivity index (χ0) is 17.6. The second-order valence-electron chi connectivity index (χ2n) is 6.18. The van der Waals surface area contributed by atoms with Crippen molar-refractivity contribution in [2.24, 2.45) is 0 Å². The number of rotatable bonds is 4. The average molecular weight is 343 g/mol. The van der Waals surface area contributed by atoms with Crippen LogP contribution in [0.4, 0.5) is 10.5 Å². The summed E-state index contributed by atoms with van der Waals surface area (Å²) in [5.74, 6) is 0.323. The van der Waals surface area contributed by atoms with Gasteiger partial charge in [0.25, 0.3) is 5.91 Å². The summed E-state index contributed by atoms with van der Waals surface area (Å²) < 4.78 is 10.4. The summed E-state index contributed by atoms with van der Waals surface area (Å²) in [6, 6.07) is 10.7. The van der Waals surface area contributed by atoms with E-state index in [0.29, 0.717) is 17.9 Å². The minimum atomic E-state index is -0.477. The fraction of sp³-hybridized carbons (Fsp3) is 0.389. The van der Waals surface area contributed by atoms with E-state index in [-0.39, 0.29) is 23.7 Å². The molecule has 0 radical (unpaired) electrons. The number of carbonyl (C=O) groups is 2. The number of hydrogen-bond donors (Lipinski definition) is 2. The molecule has 132 valence electrons. The van der Waals surface area contributed by atoms with Gasteiger partial charge in [-0.1, -0.05) is 23.4 Å². The summed E-state index contributed by atoms with van der Waals surface area (Å²) in [6.45, 7) is 1.74. The number of aryl methyl sites for hydroxylation is 1. The molecular weight excluding hydrogens is 322 g/mol. The first kappa shape index (κ1) is 17.0. The third-order valence-corrected chi connectivity index (χ3v) is 4.12. The molecule has 0 spiro atoms. The second kappa shape index (κ2) is 7.83. The highest BCUT2D eigenvalue weighted by atomic mass is 16.6. The fourth-order valence-electron chi connectivity index (χ4n) is 2.94. The zero-order valence-corrected chi connectivity index (χ0v) is 14.0. The van der Waals surface area contributed by atoms with Crippen molar-refractivity contribution in [3.05, 3.63) is 47.9 Å². The minimum absolute atomic E-state index is 0.0484. The van der Waals surface area contributed by atoms with Crippen LogP contribution in [0.3, 0.4) is 0 Å². The highest BCUT2D eigenvalue weighted by molar-refractivity contribution is 5.92. The predicted molar refractivity (Wildman–Crippen MR) is 91.3 cm³/mol. The molecule has 1 aromatic carbocycles. The number of aromatic nitrogens is 1. The van der Waals surface area contributed by atoms with Crippen molar-refractivity contribution in [3.8, 4) is 0 Å². The number of hydrogen-bond acceptors (Lipinski definition) is 5. The van der Waals surface area contributed by atoms with Crippen molar-refractivity contribution in [2.45, 2.75) is 44.8 Å². The van der Waals surface area contributed by atoms with Crippen LogP contribution in [0.5, 0.6) is 0 Å². The van der Waals surface area contributed by atoms with Crippen LogP contribution in [0.25, 0.3) is 0 Å². The van der Waals surface area contributed by atoms with Gasteiger partial charge in [0.15, 0.2) is 5.69 Å². The smallest absolute Gasteiger partial charge is 0.411 e. The van der Waals surface area contributed by atoms with Gasteiger partial charge in [-0.15, -0.1) is 0 Å². The number of para-hydroxylation sites is 1. The van der Waals surface area contributed by atoms with Crippen molar-refractivity contribution in [1.82, 2.24) is 10.5 Å². The van der Waals surface area contributed by atoms with Gasteiger partial charge in [-0.3, -0.25) is 10.1 Å². The SMILES string of the molecule is Cc1cc(C(=O)N[C@H]2CCC[C@H](OC(=O)Nc3ccccc3)C2)no1. The van der Waals surface area contributed by atoms with Gasteiger partial charge < -0.3 is 14.6 Å². The summed E-state index contributed by atoms with van der Waals surface area (Å²) >= 11 is 0. The van der Waals surface area contributed by atoms with Crippen LogP contribution < -0.4 is 10.6 Å². The Labute approximate surface area is 145 Å². The first-order valence-electron chi connectivity index (χ1n) is 8.37. The molecule has 0 unspecified atom stereocenters. The van der Waals surface area contributed by atoms with Crippen LogP contribution >= 0.6 is 0 Å². The van der Waals surface area contributed by atoms with E-state index in [4.69, 9.17) is 9.26 Å². The maximum absolute atomic E-state index is 12.1. The zero-order valence-electron chi connectivity index (χ0n) is 14.0. The van der Waals surface area contributed by atoms with E-state index >= 15 is 0 Å². The first-order valence-corrected chi connectivity index (χ1v) is 8.37. The number of benzene rings is 1. The minimum Gasteiger partial charge on any atom is -0.446 e. The van der Waals surface area contributed by atoms with E-state index in [9.17, 15) is 9.59 Å². The summed E-state index contributed by atoms with van der Waals surface area (Å²) in [7, 11) is 0. The fourth-order valence-corrected chi connectivity index (χ4v) is 2.94. The lowest BCUT2D eigenvalue weighted by Gasteiger charge is -2.29. The van der Waals surface area contributed by atoms with E-state index in [1.807, 2.05) is 18.2 Å². The molecule has 0 aliphatic heterocycles. The average Bonchev–Trinajstić information content (AvgIpc) is 3.02. The monoisotopic (exact) mass is 343 g/mol. The van der Waals surface area contributed by atoms with Gasteiger partial charge >= 0.3 is 6.09 Å². The molecule has 2 amide bonds. The highest BCUT2D eigenvalue weighted by Crippen LogP contribution is 2.22. The Bertz CT molecular complexity index is 729. The quantitative estimate of drug-likeness (QED) is 0.888. The number of carbonyl (C=O) groups excluding carboxylic acids is 2. The molecule has 7 heteroatoms. The number of nitrogens with one attached hydrogen (secondary N) is 2. The highest BCUT2D eigenvalue weighted by Gasteiger charge is 2.27. The Morgan fingerprint density at radius 1 is 1.24 bits per heavy atom. The molecule has 25 heavy (non-hydrogen) atoms. The van der Waals surface area contributed by atoms with Gasteiger partial charge in [-0.25, -0.2) is 4.79 Å². The van der Waals surface area contributed by atoms with Gasteiger partial charge in [0.1, 0.15) is 11.9 Å². The molecule has 0 bridgehead atoms. The van der Waals surface area contributed by atoms with Gasteiger partial charge in [-0.2, -0.15) is 0 Å². The Morgan fingerprint density at radius 3 is 2.76 bits per heavy atom. The van der Waals surface area contributed by atoms with Crippen molar-refractivity contribution < 1.29 is 18.8 Å². The lowest BCUT2D eigenvalue weighted by Crippen LogP contribution is -2.41. The van der Waals surface area contributed by atoms with Crippen molar-refractivity contribution in [3.63, 3.8) is 0 Å². The molecule has 1 aliphatic carbocycles. The van der Waals surface area contributed by atoms with E-state index in [1.165, 1.54) is 0 Å². The maximum atomic E-state index is 12.1. The number of amides is 2. The molecule has 1 fully saturated rings. The third kappa shape index (κ3) is 4.82. The number of anilines is 1. The van der Waals surface area contributed by atoms with Crippen molar-refractivity contribution >= 4 is 17.7 Å². The van der Waals surface area contributed by atoms with Gasteiger partial charge in [0.2, 0.25) is 0 Å². The number of ether oxygens (including phenoxy) is 1. The molecule has 3 rings (SSSR count). The Balaban J connectivity index is 1.49. The summed E-state index contributed by atoms with van der Waals surface area (Å²) in [6.07, 6.45) is 2.41. The molecule has 7 nitrogen and oxygen atoms in total. The normalized spacial score (nSPS) is 19.9. The van der Waals surface area contributed by atoms with Crippen molar-refractivity contribution in [2.75, 3.05) is 5.32 Å². The van der Waals surface area contributed by atoms with Crippen LogP contribution in [0.2, 0.25) is 0 Å². The Hall–Kier alpha value is -2.83. The van der Waals surface area contributed by atoms with Crippen LogP contribution in [-0.4, -0.2) is 29.3 Å². The topological polar surface area (TPSA) is 93.5 Å². The largest absolute Gasteiger partial charge is 0.446 e. The van der Waals surface area contributed by atoms with Crippen LogP contribution in [-0.2, 0) is 4.74 Å². The molecular formula is C18H21N3O4. The summed E-state index contributed by atoms with van der Waals surface area (Å²) in [5.41, 5.74) is 0.955. The Kier molecular flexibility index (Phi) is 5.33. The standard InChI is InChI=1S/C18H21N3O4/c1-12-10-16(21-25-12)17(22)19-14-8-5-9-15(11-14)24-18(23)20-13-6-3-2-4-7-13/h2-4,6-7,10,14-15H,5,8-9,11H2,1H3,(H,19,22)(H,20,23)/t14-,15-/m0/s1. The summed E-state index contributed by atoms with van der Waals surface area (Å²) in [4.78, 5) is 24.1. The molecule has 2 aromatic rings. The predicted octanol–water partition coefficient (Wildman–Crippen LogP) is 3.27. The lowest BCUT2D eigenvalue weighted by molar-refractivity contribution is 0.0709. The van der Waals surface area contributed by atoms with Crippen LogP contribution in [0, 0.1) is 6.92 Å². The molecule has 1 saturated carbocycles. The summed E-state index contributed by atoms with van der Waals surface area (Å²) in [5, 5.41) is 9.34. The molecule has 2 atom stereocenters. The number of nitrogens with zero attached hydrogens (tertiary/aromatic N) is 1. The molecule has 0 saturated heterocycles. The van der Waals surface area contributed by atoms with E-state index in [2.05, 4.69) is 15.8 Å². The van der Waals surface area contributed by atoms with Crippen molar-refractivity contribution in [1.29, 1.82) is 0 Å². The maximum Gasteiger partial charge on any atom is 0.411 e. The van der Waals surface area contributed by atoms with Gasteiger partial charge in [0.05, 0.1) is 0 Å². The van der Waals surface area contributed by atoms with Gasteiger partial charge in [-0.05, 0) is 38.3 Å². The molecule has 1 aromatic heterocycles. The van der Waals surface area contributed by atoms with E-state index < -0.39 is 6.09 Å². The Morgan fingerprint density at radius 2 is 2.04 bits per heavy atom. The van der Waals surface area contributed by atoms with Crippen LogP contribution in [0.1, 0.15) is 41.9 Å².